The first-order valence-electron chi connectivity index (χ1n) is 6.19. The molecule has 1 unspecified atom stereocenters. The van der Waals surface area contributed by atoms with E-state index in [1.807, 2.05) is 6.92 Å². The number of carbonyl (C=O) groups is 1. The standard InChI is InChI=1S/C12H23NO3/c1-3-16-12(14)11(13-2)9-15-8-10-6-4-5-7-10/h10-11,13H,3-9H2,1-2H3. The normalized spacial score (nSPS) is 18.6. The van der Waals surface area contributed by atoms with Crippen LogP contribution >= 0.6 is 0 Å². The third kappa shape index (κ3) is 4.49. The number of hydrogen-bond acceptors (Lipinski definition) is 4. The summed E-state index contributed by atoms with van der Waals surface area (Å²) in [6.07, 6.45) is 5.18. The summed E-state index contributed by atoms with van der Waals surface area (Å²) in [5.41, 5.74) is 0. The average Bonchev–Trinajstić information content (AvgIpc) is 2.77. The van der Waals surface area contributed by atoms with E-state index in [-0.39, 0.29) is 12.0 Å². The fraction of sp³-hybridized carbons (Fsp3) is 0.917. The highest BCUT2D eigenvalue weighted by atomic mass is 16.5. The highest BCUT2D eigenvalue weighted by Crippen LogP contribution is 2.24. The molecule has 1 saturated carbocycles. The van der Waals surface area contributed by atoms with E-state index >= 15 is 0 Å². The summed E-state index contributed by atoms with van der Waals surface area (Å²) in [7, 11) is 1.75. The second kappa shape index (κ2) is 7.63. The van der Waals surface area contributed by atoms with Gasteiger partial charge in [0, 0.05) is 6.61 Å². The largest absolute Gasteiger partial charge is 0.465 e. The van der Waals surface area contributed by atoms with Crippen LogP contribution in [0.25, 0.3) is 0 Å². The second-order valence-corrected chi connectivity index (χ2v) is 4.28. The molecule has 0 spiro atoms. The van der Waals surface area contributed by atoms with Crippen molar-refractivity contribution in [1.82, 2.24) is 5.32 Å². The van der Waals surface area contributed by atoms with E-state index in [1.165, 1.54) is 25.7 Å². The van der Waals surface area contributed by atoms with E-state index in [0.717, 1.165) is 6.61 Å². The lowest BCUT2D eigenvalue weighted by atomic mass is 10.1. The van der Waals surface area contributed by atoms with E-state index < -0.39 is 0 Å². The lowest BCUT2D eigenvalue weighted by molar-refractivity contribution is -0.147. The molecule has 0 bridgehead atoms. The van der Waals surface area contributed by atoms with Crippen LogP contribution in [0, 0.1) is 5.92 Å². The van der Waals surface area contributed by atoms with Crippen molar-refractivity contribution < 1.29 is 14.3 Å². The monoisotopic (exact) mass is 229 g/mol. The van der Waals surface area contributed by atoms with Crippen molar-refractivity contribution in [3.63, 3.8) is 0 Å². The van der Waals surface area contributed by atoms with Crippen LogP contribution in [-0.2, 0) is 14.3 Å². The molecule has 1 rings (SSSR count). The highest BCUT2D eigenvalue weighted by molar-refractivity contribution is 5.75. The van der Waals surface area contributed by atoms with Gasteiger partial charge in [-0.1, -0.05) is 12.8 Å². The Hall–Kier alpha value is -0.610. The van der Waals surface area contributed by atoms with Gasteiger partial charge in [0.1, 0.15) is 6.04 Å². The summed E-state index contributed by atoms with van der Waals surface area (Å²) in [5.74, 6) is 0.469. The Morgan fingerprint density at radius 2 is 2.12 bits per heavy atom. The minimum absolute atomic E-state index is 0.226. The van der Waals surface area contributed by atoms with Crippen LogP contribution in [0.2, 0.25) is 0 Å². The fourth-order valence-electron chi connectivity index (χ4n) is 2.04. The molecular weight excluding hydrogens is 206 g/mol. The molecule has 1 N–H and O–H groups in total. The smallest absolute Gasteiger partial charge is 0.325 e. The van der Waals surface area contributed by atoms with Gasteiger partial charge in [-0.15, -0.1) is 0 Å². The average molecular weight is 229 g/mol. The Balaban J connectivity index is 2.14. The SMILES string of the molecule is CCOC(=O)C(COCC1CCCC1)NC. The first kappa shape index (κ1) is 13.5. The van der Waals surface area contributed by atoms with Crippen LogP contribution in [-0.4, -0.2) is 38.9 Å². The zero-order chi connectivity index (χ0) is 11.8. The van der Waals surface area contributed by atoms with Crippen LogP contribution in [0.15, 0.2) is 0 Å². The predicted molar refractivity (Wildman–Crippen MR) is 62.3 cm³/mol. The zero-order valence-electron chi connectivity index (χ0n) is 10.3. The summed E-state index contributed by atoms with van der Waals surface area (Å²) in [6, 6.07) is -0.332. The summed E-state index contributed by atoms with van der Waals surface area (Å²) in [6.45, 7) is 3.41. The van der Waals surface area contributed by atoms with Gasteiger partial charge in [0.2, 0.25) is 0 Å². The summed E-state index contributed by atoms with van der Waals surface area (Å²) < 4.78 is 10.5. The molecule has 0 heterocycles. The summed E-state index contributed by atoms with van der Waals surface area (Å²) in [4.78, 5) is 11.4. The first-order valence-corrected chi connectivity index (χ1v) is 6.19. The molecule has 1 fully saturated rings. The number of rotatable bonds is 7. The molecule has 0 aromatic heterocycles. The molecule has 94 valence electrons. The highest BCUT2D eigenvalue weighted by Gasteiger charge is 2.20. The Bertz CT molecular complexity index is 202. The van der Waals surface area contributed by atoms with Crippen molar-refractivity contribution in [3.05, 3.63) is 0 Å². The molecule has 0 aromatic carbocycles. The van der Waals surface area contributed by atoms with Crippen molar-refractivity contribution in [2.75, 3.05) is 26.9 Å². The van der Waals surface area contributed by atoms with E-state index in [9.17, 15) is 4.79 Å². The van der Waals surface area contributed by atoms with Gasteiger partial charge in [-0.3, -0.25) is 4.79 Å². The van der Waals surface area contributed by atoms with Gasteiger partial charge in [0.05, 0.1) is 13.2 Å². The van der Waals surface area contributed by atoms with Gasteiger partial charge in [-0.2, -0.15) is 0 Å². The fourth-order valence-corrected chi connectivity index (χ4v) is 2.04. The number of ether oxygens (including phenoxy) is 2. The Kier molecular flexibility index (Phi) is 6.42. The molecule has 1 aliphatic carbocycles. The first-order chi connectivity index (χ1) is 7.77. The van der Waals surface area contributed by atoms with Gasteiger partial charge in [-0.25, -0.2) is 0 Å². The molecule has 0 aliphatic heterocycles. The van der Waals surface area contributed by atoms with Crippen LogP contribution in [0.1, 0.15) is 32.6 Å². The molecule has 0 radical (unpaired) electrons. The van der Waals surface area contributed by atoms with Crippen molar-refractivity contribution >= 4 is 5.97 Å². The van der Waals surface area contributed by atoms with E-state index in [2.05, 4.69) is 5.32 Å². The molecule has 1 atom stereocenters. The molecule has 0 aromatic rings. The lowest BCUT2D eigenvalue weighted by Gasteiger charge is -2.16. The summed E-state index contributed by atoms with van der Waals surface area (Å²) in [5, 5.41) is 2.91. The van der Waals surface area contributed by atoms with E-state index in [1.54, 1.807) is 7.05 Å². The third-order valence-corrected chi connectivity index (χ3v) is 3.03. The third-order valence-electron chi connectivity index (χ3n) is 3.03. The van der Waals surface area contributed by atoms with Crippen molar-refractivity contribution in [2.45, 2.75) is 38.6 Å². The topological polar surface area (TPSA) is 47.6 Å². The predicted octanol–water partition coefficient (Wildman–Crippen LogP) is 1.34. The van der Waals surface area contributed by atoms with Crippen molar-refractivity contribution in [1.29, 1.82) is 0 Å². The van der Waals surface area contributed by atoms with Crippen LogP contribution in [0.5, 0.6) is 0 Å². The van der Waals surface area contributed by atoms with Crippen molar-refractivity contribution in [2.24, 2.45) is 5.92 Å². The van der Waals surface area contributed by atoms with Crippen molar-refractivity contribution in [3.8, 4) is 0 Å². The van der Waals surface area contributed by atoms with Gasteiger partial charge in [0.25, 0.3) is 0 Å². The maximum atomic E-state index is 11.4. The second-order valence-electron chi connectivity index (χ2n) is 4.28. The summed E-state index contributed by atoms with van der Waals surface area (Å²) >= 11 is 0. The minimum atomic E-state index is -0.332. The Morgan fingerprint density at radius 3 is 2.69 bits per heavy atom. The van der Waals surface area contributed by atoms with Gasteiger partial charge in [0.15, 0.2) is 0 Å². The van der Waals surface area contributed by atoms with Gasteiger partial charge in [-0.05, 0) is 32.7 Å². The quantitative estimate of drug-likeness (QED) is 0.669. The number of hydrogen-bond donors (Lipinski definition) is 1. The maximum Gasteiger partial charge on any atom is 0.325 e. The number of carbonyl (C=O) groups excluding carboxylic acids is 1. The van der Waals surface area contributed by atoms with E-state index in [4.69, 9.17) is 9.47 Å². The lowest BCUT2D eigenvalue weighted by Crippen LogP contribution is -2.40. The number of esters is 1. The molecule has 0 amide bonds. The Morgan fingerprint density at radius 1 is 1.44 bits per heavy atom. The van der Waals surface area contributed by atoms with Crippen LogP contribution in [0.3, 0.4) is 0 Å². The molecule has 16 heavy (non-hydrogen) atoms. The van der Waals surface area contributed by atoms with Crippen LogP contribution < -0.4 is 5.32 Å². The zero-order valence-corrected chi connectivity index (χ0v) is 10.3. The molecule has 4 heteroatoms. The van der Waals surface area contributed by atoms with E-state index in [0.29, 0.717) is 19.1 Å². The molecule has 4 nitrogen and oxygen atoms in total. The molecule has 1 aliphatic rings. The molecule has 0 saturated heterocycles. The van der Waals surface area contributed by atoms with Gasteiger partial charge < -0.3 is 14.8 Å². The Labute approximate surface area is 97.7 Å². The number of likely N-dealkylation sites (N-methyl/N-ethyl adjacent to an activating group) is 1. The molecular formula is C12H23NO3. The van der Waals surface area contributed by atoms with Gasteiger partial charge >= 0.3 is 5.97 Å². The number of nitrogens with one attached hydrogen (secondary N) is 1. The van der Waals surface area contributed by atoms with Crippen LogP contribution in [0.4, 0.5) is 0 Å². The maximum absolute atomic E-state index is 11.4. The minimum Gasteiger partial charge on any atom is -0.465 e.